The van der Waals surface area contributed by atoms with E-state index >= 15 is 0 Å². The van der Waals surface area contributed by atoms with Gasteiger partial charge in [0.15, 0.2) is 10.9 Å². The molecule has 2 N–H and O–H groups in total. The van der Waals surface area contributed by atoms with Gasteiger partial charge in [-0.15, -0.1) is 0 Å². The predicted octanol–water partition coefficient (Wildman–Crippen LogP) is 3.02. The monoisotopic (exact) mass is 415 g/mol. The quantitative estimate of drug-likeness (QED) is 0.471. The fraction of sp³-hybridized carbons (Fsp3) is 0.318. The van der Waals surface area contributed by atoms with E-state index < -0.39 is 11.9 Å². The Bertz CT molecular complexity index is 851. The van der Waals surface area contributed by atoms with Gasteiger partial charge in [-0.3, -0.25) is 14.4 Å². The highest BCUT2D eigenvalue weighted by molar-refractivity contribution is 8.13. The van der Waals surface area contributed by atoms with Gasteiger partial charge in [0, 0.05) is 29.7 Å². The molecule has 0 saturated carbocycles. The lowest BCUT2D eigenvalue weighted by Gasteiger charge is -2.17. The van der Waals surface area contributed by atoms with E-state index in [1.54, 1.807) is 31.4 Å². The number of nitrogens with two attached hydrogens (primary N) is 1. The number of methoxy groups -OCH3 is 1. The lowest BCUT2D eigenvalue weighted by Crippen LogP contribution is -2.23. The van der Waals surface area contributed by atoms with E-state index in [1.807, 2.05) is 24.3 Å². The Hall–Kier alpha value is -2.64. The van der Waals surface area contributed by atoms with Crippen LogP contribution in [-0.4, -0.2) is 36.3 Å². The lowest BCUT2D eigenvalue weighted by molar-refractivity contribution is -0.143. The number of thioether (sulfide) groups is 1. The summed E-state index contributed by atoms with van der Waals surface area (Å²) in [6.07, 6.45) is 0.486. The fourth-order valence-corrected chi connectivity index (χ4v) is 3.52. The van der Waals surface area contributed by atoms with Gasteiger partial charge in [-0.2, -0.15) is 0 Å². The maximum atomic E-state index is 13.3. The molecule has 0 aromatic heterocycles. The topological polar surface area (TPSA) is 95.7 Å². The van der Waals surface area contributed by atoms with Crippen molar-refractivity contribution in [3.63, 3.8) is 0 Å². The van der Waals surface area contributed by atoms with E-state index in [2.05, 4.69) is 0 Å². The molecule has 0 heterocycles. The summed E-state index contributed by atoms with van der Waals surface area (Å²) >= 11 is 1.13. The van der Waals surface area contributed by atoms with Crippen LogP contribution < -0.4 is 10.5 Å². The fourth-order valence-electron chi connectivity index (χ4n) is 2.82. The molecule has 2 aromatic rings. The van der Waals surface area contributed by atoms with Crippen LogP contribution in [0.4, 0.5) is 0 Å². The summed E-state index contributed by atoms with van der Waals surface area (Å²) in [5.74, 6) is 0.0884. The number of ether oxygens (including phenoxy) is 2. The molecule has 7 heteroatoms. The first kappa shape index (κ1) is 22.6. The van der Waals surface area contributed by atoms with E-state index in [0.717, 1.165) is 23.1 Å². The van der Waals surface area contributed by atoms with Gasteiger partial charge in [-0.1, -0.05) is 48.2 Å². The predicted molar refractivity (Wildman–Crippen MR) is 113 cm³/mol. The van der Waals surface area contributed by atoms with Gasteiger partial charge < -0.3 is 15.2 Å². The Kier molecular flexibility index (Phi) is 8.89. The zero-order valence-corrected chi connectivity index (χ0v) is 17.4. The Labute approximate surface area is 174 Å². The summed E-state index contributed by atoms with van der Waals surface area (Å²) in [7, 11) is 1.60. The van der Waals surface area contributed by atoms with E-state index in [9.17, 15) is 14.4 Å². The second kappa shape index (κ2) is 11.4. The third-order valence-electron chi connectivity index (χ3n) is 4.34. The van der Waals surface area contributed by atoms with Crippen molar-refractivity contribution in [3.8, 4) is 5.75 Å². The van der Waals surface area contributed by atoms with Crippen molar-refractivity contribution in [1.29, 1.82) is 0 Å². The first-order valence-corrected chi connectivity index (χ1v) is 10.2. The number of hydrogen-bond donors (Lipinski definition) is 1. The van der Waals surface area contributed by atoms with Crippen molar-refractivity contribution in [1.82, 2.24) is 0 Å². The molecule has 2 rings (SSSR count). The largest absolute Gasteiger partial charge is 0.497 e. The molecule has 29 heavy (non-hydrogen) atoms. The van der Waals surface area contributed by atoms with Gasteiger partial charge in [-0.05, 0) is 24.1 Å². The maximum Gasteiger partial charge on any atom is 0.320 e. The van der Waals surface area contributed by atoms with Crippen LogP contribution in [0.3, 0.4) is 0 Å². The molecule has 0 aliphatic carbocycles. The van der Waals surface area contributed by atoms with Crippen molar-refractivity contribution >= 4 is 28.6 Å². The summed E-state index contributed by atoms with van der Waals surface area (Å²) < 4.78 is 10.3. The Morgan fingerprint density at radius 2 is 1.76 bits per heavy atom. The third-order valence-corrected chi connectivity index (χ3v) is 5.31. The smallest absolute Gasteiger partial charge is 0.320 e. The first-order valence-electron chi connectivity index (χ1n) is 9.18. The van der Waals surface area contributed by atoms with Crippen LogP contribution in [-0.2, 0) is 27.4 Å². The highest BCUT2D eigenvalue weighted by atomic mass is 32.2. The molecule has 1 unspecified atom stereocenters. The Morgan fingerprint density at radius 1 is 1.07 bits per heavy atom. The standard InChI is InChI=1S/C22H25NO5S/c1-15(24)29-14-18(11-16-7-9-19(27-2)10-8-16)22(26)20-6-4-3-5-17(20)13-28-21(25)12-23/h3-10,18H,11-14,23H2,1-2H3. The van der Waals surface area contributed by atoms with Gasteiger partial charge in [0.2, 0.25) is 0 Å². The second-order valence-electron chi connectivity index (χ2n) is 6.44. The zero-order chi connectivity index (χ0) is 21.2. The minimum atomic E-state index is -0.533. The van der Waals surface area contributed by atoms with Crippen LogP contribution in [0.15, 0.2) is 48.5 Å². The average Bonchev–Trinajstić information content (AvgIpc) is 2.74. The first-order chi connectivity index (χ1) is 13.9. The molecule has 6 nitrogen and oxygen atoms in total. The summed E-state index contributed by atoms with van der Waals surface area (Å²) in [5.41, 5.74) is 7.35. The highest BCUT2D eigenvalue weighted by Crippen LogP contribution is 2.23. The van der Waals surface area contributed by atoms with Crippen molar-refractivity contribution in [2.24, 2.45) is 11.7 Å². The van der Waals surface area contributed by atoms with Gasteiger partial charge in [0.05, 0.1) is 13.7 Å². The van der Waals surface area contributed by atoms with Crippen LogP contribution >= 0.6 is 11.8 Å². The Balaban J connectivity index is 2.24. The summed E-state index contributed by atoms with van der Waals surface area (Å²) in [6.45, 7) is 1.25. The van der Waals surface area contributed by atoms with E-state index in [1.165, 1.54) is 6.92 Å². The van der Waals surface area contributed by atoms with Crippen molar-refractivity contribution in [2.75, 3.05) is 19.4 Å². The molecule has 0 aliphatic rings. The molecule has 154 valence electrons. The average molecular weight is 416 g/mol. The van der Waals surface area contributed by atoms with Gasteiger partial charge >= 0.3 is 5.97 Å². The van der Waals surface area contributed by atoms with Crippen LogP contribution in [0.2, 0.25) is 0 Å². The number of rotatable bonds is 10. The molecule has 0 saturated heterocycles. The number of carbonyl (C=O) groups excluding carboxylic acids is 3. The van der Waals surface area contributed by atoms with Crippen LogP contribution in [0.5, 0.6) is 5.75 Å². The maximum absolute atomic E-state index is 13.3. The van der Waals surface area contributed by atoms with Gasteiger partial charge in [0.25, 0.3) is 0 Å². The molecular formula is C22H25NO5S. The van der Waals surface area contributed by atoms with Crippen LogP contribution in [0.25, 0.3) is 0 Å². The van der Waals surface area contributed by atoms with Crippen molar-refractivity contribution in [3.05, 3.63) is 65.2 Å². The summed E-state index contributed by atoms with van der Waals surface area (Å²) in [5, 5.41) is -0.0392. The number of hydrogen-bond acceptors (Lipinski definition) is 7. The molecular weight excluding hydrogens is 390 g/mol. The molecule has 0 radical (unpaired) electrons. The number of carbonyl (C=O) groups is 3. The lowest BCUT2D eigenvalue weighted by atomic mass is 9.90. The number of Topliss-reactive ketones (excluding diaryl/α,β-unsaturated/α-hetero) is 1. The summed E-state index contributed by atoms with van der Waals surface area (Å²) in [4.78, 5) is 36.2. The molecule has 0 aliphatic heterocycles. The van der Waals surface area contributed by atoms with Crippen molar-refractivity contribution in [2.45, 2.75) is 20.0 Å². The molecule has 0 amide bonds. The minimum absolute atomic E-state index is 0.0208. The molecule has 0 fully saturated rings. The highest BCUT2D eigenvalue weighted by Gasteiger charge is 2.24. The third kappa shape index (κ3) is 7.03. The van der Waals surface area contributed by atoms with Crippen LogP contribution in [0.1, 0.15) is 28.4 Å². The number of benzene rings is 2. The normalized spacial score (nSPS) is 11.6. The zero-order valence-electron chi connectivity index (χ0n) is 16.6. The van der Waals surface area contributed by atoms with Gasteiger partial charge in [0.1, 0.15) is 12.4 Å². The van der Waals surface area contributed by atoms with E-state index in [0.29, 0.717) is 23.3 Å². The van der Waals surface area contributed by atoms with E-state index in [4.69, 9.17) is 15.2 Å². The summed E-state index contributed by atoms with van der Waals surface area (Å²) in [6, 6.07) is 14.5. The van der Waals surface area contributed by atoms with Crippen molar-refractivity contribution < 1.29 is 23.9 Å². The molecule has 0 bridgehead atoms. The minimum Gasteiger partial charge on any atom is -0.497 e. The SMILES string of the molecule is COc1ccc(CC(CSC(C)=O)C(=O)c2ccccc2COC(=O)CN)cc1. The number of ketones is 1. The van der Waals surface area contributed by atoms with Crippen LogP contribution in [0, 0.1) is 5.92 Å². The number of esters is 1. The second-order valence-corrected chi connectivity index (χ2v) is 7.63. The Morgan fingerprint density at radius 3 is 2.38 bits per heavy atom. The molecule has 0 spiro atoms. The molecule has 1 atom stereocenters. The van der Waals surface area contributed by atoms with Gasteiger partial charge in [-0.25, -0.2) is 0 Å². The van der Waals surface area contributed by atoms with E-state index in [-0.39, 0.29) is 24.1 Å². The molecule has 2 aromatic carbocycles.